The first-order valence-corrected chi connectivity index (χ1v) is 7.31. The topological polar surface area (TPSA) is 39.2 Å². The van der Waals surface area contributed by atoms with Gasteiger partial charge >= 0.3 is 0 Å². The molecule has 0 bridgehead atoms. The monoisotopic (exact) mass is 289 g/mol. The molecule has 0 aliphatic heterocycles. The third kappa shape index (κ3) is 2.90. The molecule has 2 rings (SSSR count). The van der Waals surface area contributed by atoms with Crippen molar-refractivity contribution >= 4 is 17.1 Å². The smallest absolute Gasteiger partial charge is 0.171 e. The highest BCUT2D eigenvalue weighted by Gasteiger charge is 2.25. The van der Waals surface area contributed by atoms with Gasteiger partial charge in [-0.2, -0.15) is 0 Å². The van der Waals surface area contributed by atoms with Crippen molar-refractivity contribution in [3.63, 3.8) is 0 Å². The number of nitrogens with zero attached hydrogens (tertiary/aromatic N) is 1. The molecule has 0 saturated heterocycles. The Kier molecular flexibility index (Phi) is 3.95. The molecule has 1 aromatic carbocycles. The Morgan fingerprint density at radius 2 is 1.80 bits per heavy atom. The van der Waals surface area contributed by atoms with Crippen LogP contribution in [0.1, 0.15) is 43.1 Å². The van der Waals surface area contributed by atoms with E-state index in [0.29, 0.717) is 0 Å². The summed E-state index contributed by atoms with van der Waals surface area (Å²) >= 11 is 1.46. The highest BCUT2D eigenvalue weighted by Crippen LogP contribution is 2.35. The number of carbonyl (C=O) groups excluding carboxylic acids is 1. The van der Waals surface area contributed by atoms with Crippen molar-refractivity contribution in [2.45, 2.75) is 33.1 Å². The van der Waals surface area contributed by atoms with Crippen LogP contribution < -0.4 is 4.74 Å². The molecule has 1 heterocycles. The standard InChI is InChI=1S/C16H19NO2S/c1-10(18)13-14(16(2,3)4)17-15(20-13)11-6-8-12(19-5)9-7-11/h6-9H,1-5H3. The van der Waals surface area contributed by atoms with Crippen molar-refractivity contribution < 1.29 is 9.53 Å². The normalized spacial score (nSPS) is 11.4. The number of carbonyl (C=O) groups is 1. The van der Waals surface area contributed by atoms with Crippen molar-refractivity contribution in [1.82, 2.24) is 4.98 Å². The van der Waals surface area contributed by atoms with E-state index in [2.05, 4.69) is 25.8 Å². The van der Waals surface area contributed by atoms with Crippen LogP contribution in [0.5, 0.6) is 5.75 Å². The Bertz CT molecular complexity index is 621. The quantitative estimate of drug-likeness (QED) is 0.790. The fourth-order valence-corrected chi connectivity index (χ4v) is 3.10. The van der Waals surface area contributed by atoms with Crippen LogP contribution in [0.25, 0.3) is 10.6 Å². The van der Waals surface area contributed by atoms with E-state index in [1.807, 2.05) is 24.3 Å². The van der Waals surface area contributed by atoms with Gasteiger partial charge in [-0.3, -0.25) is 4.79 Å². The number of methoxy groups -OCH3 is 1. The number of hydrogen-bond donors (Lipinski definition) is 0. The van der Waals surface area contributed by atoms with E-state index >= 15 is 0 Å². The number of ketones is 1. The number of Topliss-reactive ketones (excluding diaryl/α,β-unsaturated/α-hetero) is 1. The zero-order valence-electron chi connectivity index (χ0n) is 12.5. The maximum absolute atomic E-state index is 11.8. The number of ether oxygens (including phenoxy) is 1. The van der Waals surface area contributed by atoms with E-state index in [1.165, 1.54) is 11.3 Å². The van der Waals surface area contributed by atoms with Gasteiger partial charge in [0.1, 0.15) is 10.8 Å². The fourth-order valence-electron chi connectivity index (χ4n) is 1.92. The molecule has 4 heteroatoms. The lowest BCUT2D eigenvalue weighted by Crippen LogP contribution is -2.15. The van der Waals surface area contributed by atoms with Crippen LogP contribution >= 0.6 is 11.3 Å². The zero-order valence-corrected chi connectivity index (χ0v) is 13.3. The van der Waals surface area contributed by atoms with Crippen molar-refractivity contribution in [3.8, 4) is 16.3 Å². The molecule has 3 nitrogen and oxygen atoms in total. The predicted molar refractivity (Wildman–Crippen MR) is 82.8 cm³/mol. The first-order chi connectivity index (χ1) is 9.32. The number of aromatic nitrogens is 1. The van der Waals surface area contributed by atoms with Crippen molar-refractivity contribution in [3.05, 3.63) is 34.8 Å². The Labute approximate surface area is 123 Å². The van der Waals surface area contributed by atoms with E-state index < -0.39 is 0 Å². The third-order valence-corrected chi connectivity index (χ3v) is 4.20. The van der Waals surface area contributed by atoms with Crippen LogP contribution in [0, 0.1) is 0 Å². The van der Waals surface area contributed by atoms with Gasteiger partial charge in [-0.1, -0.05) is 20.8 Å². The molecule has 0 aliphatic carbocycles. The number of thiazole rings is 1. The summed E-state index contributed by atoms with van der Waals surface area (Å²) in [5.41, 5.74) is 1.75. The summed E-state index contributed by atoms with van der Waals surface area (Å²) in [5.74, 6) is 0.889. The molecule has 0 aliphatic rings. The second kappa shape index (κ2) is 5.37. The summed E-state index contributed by atoms with van der Waals surface area (Å²) in [5, 5.41) is 0.878. The van der Waals surface area contributed by atoms with Crippen LogP contribution in [0.3, 0.4) is 0 Å². The summed E-state index contributed by atoms with van der Waals surface area (Å²) < 4.78 is 5.16. The lowest BCUT2D eigenvalue weighted by atomic mass is 9.90. The molecule has 2 aromatic rings. The van der Waals surface area contributed by atoms with Crippen LogP contribution in [0.4, 0.5) is 0 Å². The largest absolute Gasteiger partial charge is 0.497 e. The molecule has 0 N–H and O–H groups in total. The SMILES string of the molecule is COc1ccc(-c2nc(C(C)(C)C)c(C(C)=O)s2)cc1. The molecular weight excluding hydrogens is 270 g/mol. The highest BCUT2D eigenvalue weighted by atomic mass is 32.1. The van der Waals surface area contributed by atoms with E-state index in [0.717, 1.165) is 26.9 Å². The second-order valence-corrected chi connectivity index (χ2v) is 6.73. The Hall–Kier alpha value is -1.68. The predicted octanol–water partition coefficient (Wildman–Crippen LogP) is 4.32. The van der Waals surface area contributed by atoms with Gasteiger partial charge in [-0.15, -0.1) is 11.3 Å². The Balaban J connectivity index is 2.50. The summed E-state index contributed by atoms with van der Waals surface area (Å²) in [4.78, 5) is 17.2. The average Bonchev–Trinajstić information content (AvgIpc) is 2.84. The van der Waals surface area contributed by atoms with Crippen LogP contribution in [0.15, 0.2) is 24.3 Å². The minimum absolute atomic E-state index is 0.0761. The second-order valence-electron chi connectivity index (χ2n) is 5.73. The fraction of sp³-hybridized carbons (Fsp3) is 0.375. The number of benzene rings is 1. The van der Waals surface area contributed by atoms with E-state index in [-0.39, 0.29) is 11.2 Å². The Morgan fingerprint density at radius 3 is 2.20 bits per heavy atom. The van der Waals surface area contributed by atoms with Gasteiger partial charge in [0.2, 0.25) is 0 Å². The average molecular weight is 289 g/mol. The first-order valence-electron chi connectivity index (χ1n) is 6.49. The van der Waals surface area contributed by atoms with Crippen LogP contribution in [-0.2, 0) is 5.41 Å². The maximum atomic E-state index is 11.8. The van der Waals surface area contributed by atoms with Gasteiger partial charge in [0, 0.05) is 17.9 Å². The molecule has 1 aromatic heterocycles. The van der Waals surface area contributed by atoms with Crippen molar-refractivity contribution in [1.29, 1.82) is 0 Å². The summed E-state index contributed by atoms with van der Waals surface area (Å²) in [6.07, 6.45) is 0. The first kappa shape index (κ1) is 14.7. The van der Waals surface area contributed by atoms with Gasteiger partial charge in [0.15, 0.2) is 5.78 Å². The summed E-state index contributed by atoms with van der Waals surface area (Å²) in [7, 11) is 1.64. The van der Waals surface area contributed by atoms with Gasteiger partial charge in [0.25, 0.3) is 0 Å². The Morgan fingerprint density at radius 1 is 1.20 bits per heavy atom. The van der Waals surface area contributed by atoms with Crippen LogP contribution in [0.2, 0.25) is 0 Å². The lowest BCUT2D eigenvalue weighted by molar-refractivity contribution is 0.101. The molecule has 0 amide bonds. The van der Waals surface area contributed by atoms with Crippen LogP contribution in [-0.4, -0.2) is 17.9 Å². The molecule has 0 saturated carbocycles. The lowest BCUT2D eigenvalue weighted by Gasteiger charge is -2.16. The molecule has 0 unspecified atom stereocenters. The van der Waals surface area contributed by atoms with Gasteiger partial charge in [0.05, 0.1) is 17.7 Å². The molecule has 0 spiro atoms. The van der Waals surface area contributed by atoms with E-state index in [4.69, 9.17) is 4.74 Å². The van der Waals surface area contributed by atoms with E-state index in [1.54, 1.807) is 14.0 Å². The van der Waals surface area contributed by atoms with Crippen molar-refractivity contribution in [2.75, 3.05) is 7.11 Å². The molecule has 0 atom stereocenters. The minimum Gasteiger partial charge on any atom is -0.497 e. The minimum atomic E-state index is -0.137. The van der Waals surface area contributed by atoms with Gasteiger partial charge in [-0.05, 0) is 24.3 Å². The third-order valence-electron chi connectivity index (χ3n) is 2.99. The van der Waals surface area contributed by atoms with Gasteiger partial charge < -0.3 is 4.74 Å². The number of rotatable bonds is 3. The molecular formula is C16H19NO2S. The molecule has 0 radical (unpaired) electrons. The van der Waals surface area contributed by atoms with E-state index in [9.17, 15) is 4.79 Å². The molecule has 0 fully saturated rings. The zero-order chi connectivity index (χ0) is 14.9. The van der Waals surface area contributed by atoms with Crippen molar-refractivity contribution in [2.24, 2.45) is 0 Å². The summed E-state index contributed by atoms with van der Waals surface area (Å²) in [6, 6.07) is 7.74. The van der Waals surface area contributed by atoms with Gasteiger partial charge in [-0.25, -0.2) is 4.98 Å². The summed E-state index contributed by atoms with van der Waals surface area (Å²) in [6.45, 7) is 7.82. The highest BCUT2D eigenvalue weighted by molar-refractivity contribution is 7.17. The number of hydrogen-bond acceptors (Lipinski definition) is 4. The molecule has 20 heavy (non-hydrogen) atoms. The maximum Gasteiger partial charge on any atom is 0.171 e. The molecule has 106 valence electrons.